The maximum atomic E-state index is 11.4. The number of methoxy groups -OCH3 is 1. The number of carbonyl (C=O) groups excluding carboxylic acids is 1. The molecule has 0 aliphatic carbocycles. The first kappa shape index (κ1) is 15.1. The lowest BCUT2D eigenvalue weighted by Gasteiger charge is -2.19. The Bertz CT molecular complexity index is 607. The molecule has 2 rings (SSSR count). The maximum absolute atomic E-state index is 11.4. The smallest absolute Gasteiger partial charge is 0.337 e. The third kappa shape index (κ3) is 3.85. The Balaban J connectivity index is 2.10. The molecule has 0 saturated heterocycles. The van der Waals surface area contributed by atoms with Crippen LogP contribution in [0.15, 0.2) is 48.5 Å². The zero-order valence-corrected chi connectivity index (χ0v) is 12.9. The van der Waals surface area contributed by atoms with Crippen LogP contribution in [0.1, 0.15) is 36.7 Å². The van der Waals surface area contributed by atoms with E-state index < -0.39 is 0 Å². The minimum Gasteiger partial charge on any atom is -0.465 e. The number of anilines is 2. The second-order valence-electron chi connectivity index (χ2n) is 6.02. The van der Waals surface area contributed by atoms with Gasteiger partial charge in [0.25, 0.3) is 0 Å². The van der Waals surface area contributed by atoms with Gasteiger partial charge in [-0.25, -0.2) is 4.79 Å². The van der Waals surface area contributed by atoms with Gasteiger partial charge in [0.1, 0.15) is 0 Å². The Hall–Kier alpha value is -2.29. The van der Waals surface area contributed by atoms with E-state index in [0.29, 0.717) is 5.56 Å². The number of esters is 1. The summed E-state index contributed by atoms with van der Waals surface area (Å²) >= 11 is 0. The van der Waals surface area contributed by atoms with E-state index in [4.69, 9.17) is 0 Å². The van der Waals surface area contributed by atoms with Gasteiger partial charge in [-0.15, -0.1) is 0 Å². The van der Waals surface area contributed by atoms with E-state index in [9.17, 15) is 4.79 Å². The number of hydrogen-bond donors (Lipinski definition) is 1. The molecular weight excluding hydrogens is 262 g/mol. The maximum Gasteiger partial charge on any atom is 0.337 e. The molecule has 0 unspecified atom stereocenters. The Kier molecular flexibility index (Phi) is 4.32. The van der Waals surface area contributed by atoms with Gasteiger partial charge in [-0.05, 0) is 47.4 Å². The summed E-state index contributed by atoms with van der Waals surface area (Å²) in [7, 11) is 1.38. The fourth-order valence-corrected chi connectivity index (χ4v) is 2.03. The van der Waals surface area contributed by atoms with Gasteiger partial charge in [0.15, 0.2) is 0 Å². The molecule has 0 fully saturated rings. The normalized spacial score (nSPS) is 11.0. The van der Waals surface area contributed by atoms with E-state index in [2.05, 4.69) is 55.1 Å². The van der Waals surface area contributed by atoms with E-state index in [0.717, 1.165) is 11.4 Å². The highest BCUT2D eigenvalue weighted by Crippen LogP contribution is 2.25. The van der Waals surface area contributed by atoms with Gasteiger partial charge < -0.3 is 10.1 Å². The molecule has 0 aromatic heterocycles. The van der Waals surface area contributed by atoms with Crippen molar-refractivity contribution in [3.05, 3.63) is 59.7 Å². The van der Waals surface area contributed by atoms with Gasteiger partial charge in [-0.1, -0.05) is 32.9 Å². The summed E-state index contributed by atoms with van der Waals surface area (Å²) in [6.45, 7) is 6.59. The zero-order chi connectivity index (χ0) is 15.5. The molecule has 0 aliphatic rings. The topological polar surface area (TPSA) is 38.3 Å². The fourth-order valence-electron chi connectivity index (χ4n) is 2.03. The average Bonchev–Trinajstić information content (AvgIpc) is 2.47. The summed E-state index contributed by atoms with van der Waals surface area (Å²) in [6, 6.07) is 15.6. The van der Waals surface area contributed by atoms with Crippen molar-refractivity contribution in [2.45, 2.75) is 26.2 Å². The molecule has 0 heterocycles. The van der Waals surface area contributed by atoms with Crippen LogP contribution in [0.3, 0.4) is 0 Å². The SMILES string of the molecule is COC(=O)c1ccc(Nc2ccc(C(C)(C)C)cc2)cc1. The van der Waals surface area contributed by atoms with Gasteiger partial charge in [0.05, 0.1) is 12.7 Å². The fraction of sp³-hybridized carbons (Fsp3) is 0.278. The van der Waals surface area contributed by atoms with Crippen LogP contribution in [-0.4, -0.2) is 13.1 Å². The summed E-state index contributed by atoms with van der Waals surface area (Å²) in [5, 5.41) is 3.31. The van der Waals surface area contributed by atoms with Crippen molar-refractivity contribution in [1.29, 1.82) is 0 Å². The minimum absolute atomic E-state index is 0.153. The molecule has 0 atom stereocenters. The molecule has 0 saturated carbocycles. The first-order chi connectivity index (χ1) is 9.90. The van der Waals surface area contributed by atoms with Crippen molar-refractivity contribution < 1.29 is 9.53 Å². The molecule has 2 aromatic rings. The molecule has 0 bridgehead atoms. The van der Waals surface area contributed by atoms with E-state index in [1.54, 1.807) is 12.1 Å². The van der Waals surface area contributed by atoms with Crippen LogP contribution in [0.2, 0.25) is 0 Å². The second-order valence-corrected chi connectivity index (χ2v) is 6.02. The van der Waals surface area contributed by atoms with Crippen LogP contribution in [0.5, 0.6) is 0 Å². The van der Waals surface area contributed by atoms with E-state index in [1.807, 2.05) is 12.1 Å². The largest absolute Gasteiger partial charge is 0.465 e. The molecule has 1 N–H and O–H groups in total. The monoisotopic (exact) mass is 283 g/mol. The van der Waals surface area contributed by atoms with Crippen molar-refractivity contribution >= 4 is 17.3 Å². The molecule has 0 aliphatic heterocycles. The molecule has 2 aromatic carbocycles. The van der Waals surface area contributed by atoms with E-state index in [1.165, 1.54) is 12.7 Å². The van der Waals surface area contributed by atoms with Crippen molar-refractivity contribution in [3.63, 3.8) is 0 Å². The van der Waals surface area contributed by atoms with Gasteiger partial charge in [-0.3, -0.25) is 0 Å². The van der Waals surface area contributed by atoms with Crippen LogP contribution >= 0.6 is 0 Å². The molecule has 0 radical (unpaired) electrons. The van der Waals surface area contributed by atoms with Gasteiger partial charge >= 0.3 is 5.97 Å². The predicted molar refractivity (Wildman–Crippen MR) is 86.2 cm³/mol. The quantitative estimate of drug-likeness (QED) is 0.842. The summed E-state index contributed by atoms with van der Waals surface area (Å²) in [5.74, 6) is -0.323. The number of nitrogens with one attached hydrogen (secondary N) is 1. The van der Waals surface area contributed by atoms with Crippen LogP contribution in [0.4, 0.5) is 11.4 Å². The molecule has 21 heavy (non-hydrogen) atoms. The number of rotatable bonds is 3. The highest BCUT2D eigenvalue weighted by Gasteiger charge is 2.12. The molecule has 0 amide bonds. The third-order valence-corrected chi connectivity index (χ3v) is 3.35. The Morgan fingerprint density at radius 1 is 0.905 bits per heavy atom. The van der Waals surface area contributed by atoms with E-state index in [-0.39, 0.29) is 11.4 Å². The number of benzene rings is 2. The zero-order valence-electron chi connectivity index (χ0n) is 12.9. The van der Waals surface area contributed by atoms with Gasteiger partial charge in [-0.2, -0.15) is 0 Å². The Labute approximate surface area is 126 Å². The Morgan fingerprint density at radius 2 is 1.38 bits per heavy atom. The highest BCUT2D eigenvalue weighted by molar-refractivity contribution is 5.89. The first-order valence-corrected chi connectivity index (χ1v) is 6.96. The van der Waals surface area contributed by atoms with Crippen LogP contribution < -0.4 is 5.32 Å². The first-order valence-electron chi connectivity index (χ1n) is 6.96. The van der Waals surface area contributed by atoms with Crippen LogP contribution in [0.25, 0.3) is 0 Å². The lowest BCUT2D eigenvalue weighted by atomic mass is 9.87. The van der Waals surface area contributed by atoms with Crippen molar-refractivity contribution in [2.75, 3.05) is 12.4 Å². The molecule has 0 spiro atoms. The second kappa shape index (κ2) is 6.00. The number of carbonyl (C=O) groups is 1. The standard InChI is InChI=1S/C18H21NO2/c1-18(2,3)14-7-11-16(12-8-14)19-15-9-5-13(6-10-15)17(20)21-4/h5-12,19H,1-4H3. The van der Waals surface area contributed by atoms with Gasteiger partial charge in [0, 0.05) is 11.4 Å². The van der Waals surface area contributed by atoms with Crippen molar-refractivity contribution in [3.8, 4) is 0 Å². The lowest BCUT2D eigenvalue weighted by Crippen LogP contribution is -2.10. The average molecular weight is 283 g/mol. The summed E-state index contributed by atoms with van der Waals surface area (Å²) < 4.78 is 4.68. The van der Waals surface area contributed by atoms with Crippen LogP contribution in [-0.2, 0) is 10.2 Å². The van der Waals surface area contributed by atoms with Gasteiger partial charge in [0.2, 0.25) is 0 Å². The molecular formula is C18H21NO2. The molecule has 3 nitrogen and oxygen atoms in total. The van der Waals surface area contributed by atoms with E-state index >= 15 is 0 Å². The summed E-state index contributed by atoms with van der Waals surface area (Å²) in [4.78, 5) is 11.4. The van der Waals surface area contributed by atoms with Crippen molar-refractivity contribution in [1.82, 2.24) is 0 Å². The molecule has 3 heteroatoms. The van der Waals surface area contributed by atoms with Crippen LogP contribution in [0, 0.1) is 0 Å². The number of ether oxygens (including phenoxy) is 1. The summed E-state index contributed by atoms with van der Waals surface area (Å²) in [6.07, 6.45) is 0. The summed E-state index contributed by atoms with van der Waals surface area (Å²) in [5.41, 5.74) is 3.96. The minimum atomic E-state index is -0.323. The lowest BCUT2D eigenvalue weighted by molar-refractivity contribution is 0.0601. The molecule has 110 valence electrons. The number of hydrogen-bond acceptors (Lipinski definition) is 3. The highest BCUT2D eigenvalue weighted by atomic mass is 16.5. The Morgan fingerprint density at radius 3 is 1.81 bits per heavy atom. The predicted octanol–water partition coefficient (Wildman–Crippen LogP) is 4.51. The third-order valence-electron chi connectivity index (χ3n) is 3.35. The van der Waals surface area contributed by atoms with Crippen molar-refractivity contribution in [2.24, 2.45) is 0 Å².